The van der Waals surface area contributed by atoms with E-state index in [2.05, 4.69) is 10.3 Å². The predicted octanol–water partition coefficient (Wildman–Crippen LogP) is 0.931. The maximum Gasteiger partial charge on any atom is 0.315 e. The van der Waals surface area contributed by atoms with Crippen LogP contribution >= 0.6 is 11.3 Å². The van der Waals surface area contributed by atoms with Gasteiger partial charge in [0.25, 0.3) is 0 Å². The first-order valence-electron chi connectivity index (χ1n) is 2.38. The molecule has 1 aromatic rings. The highest BCUT2D eigenvalue weighted by Gasteiger charge is 1.93. The summed E-state index contributed by atoms with van der Waals surface area (Å²) in [6.45, 7) is 1.88. The molecule has 3 nitrogen and oxygen atoms in total. The van der Waals surface area contributed by atoms with Crippen molar-refractivity contribution in [3.05, 3.63) is 10.4 Å². The molecule has 0 aromatic carbocycles. The third kappa shape index (κ3) is 1.50. The van der Waals surface area contributed by atoms with E-state index < -0.39 is 0 Å². The summed E-state index contributed by atoms with van der Waals surface area (Å²) in [4.78, 5) is 13.7. The Morgan fingerprint density at radius 1 is 1.89 bits per heavy atom. The van der Waals surface area contributed by atoms with Gasteiger partial charge in [0.15, 0.2) is 0 Å². The van der Waals surface area contributed by atoms with Gasteiger partial charge >= 0.3 is 6.41 Å². The van der Waals surface area contributed by atoms with E-state index in [0.29, 0.717) is 5.82 Å². The normalized spacial score (nSPS) is 9.00. The van der Waals surface area contributed by atoms with Gasteiger partial charge in [0.1, 0.15) is 5.82 Å². The van der Waals surface area contributed by atoms with Crippen molar-refractivity contribution in [1.29, 1.82) is 0 Å². The van der Waals surface area contributed by atoms with Crippen LogP contribution in [0.15, 0.2) is 5.38 Å². The van der Waals surface area contributed by atoms with Crippen LogP contribution in [0.25, 0.3) is 0 Å². The molecule has 0 saturated carbocycles. The number of nitrogens with one attached hydrogen (secondary N) is 1. The number of hydrogen-bond acceptors (Lipinski definition) is 3. The number of aromatic nitrogens is 1. The highest BCUT2D eigenvalue weighted by atomic mass is 32.1. The van der Waals surface area contributed by atoms with Gasteiger partial charge in [0.05, 0.1) is 5.01 Å². The highest BCUT2D eigenvalue weighted by molar-refractivity contribution is 7.09. The molecule has 47 valence electrons. The van der Waals surface area contributed by atoms with E-state index in [1.54, 1.807) is 11.8 Å². The zero-order valence-corrected chi connectivity index (χ0v) is 5.66. The lowest BCUT2D eigenvalue weighted by Crippen LogP contribution is -1.92. The van der Waals surface area contributed by atoms with E-state index in [-0.39, 0.29) is 0 Å². The van der Waals surface area contributed by atoms with Gasteiger partial charge in [-0.3, -0.25) is 4.79 Å². The molecule has 0 saturated heterocycles. The van der Waals surface area contributed by atoms with Gasteiger partial charge < -0.3 is 5.32 Å². The van der Waals surface area contributed by atoms with Gasteiger partial charge in [-0.25, -0.2) is 4.98 Å². The molecule has 0 aliphatic rings. The smallest absolute Gasteiger partial charge is 0.302 e. The Morgan fingerprint density at radius 2 is 2.67 bits per heavy atom. The van der Waals surface area contributed by atoms with Gasteiger partial charge in [-0.15, -0.1) is 11.3 Å². The van der Waals surface area contributed by atoms with Gasteiger partial charge in [0.2, 0.25) is 0 Å². The summed E-state index contributed by atoms with van der Waals surface area (Å²) >= 11 is 1.49. The van der Waals surface area contributed by atoms with Crippen molar-refractivity contribution in [3.8, 4) is 0 Å². The first-order chi connectivity index (χ1) is 4.33. The largest absolute Gasteiger partial charge is 0.315 e. The second-order valence-electron chi connectivity index (χ2n) is 1.48. The number of anilines is 1. The van der Waals surface area contributed by atoms with E-state index in [1.807, 2.05) is 6.92 Å². The molecule has 0 atom stereocenters. The summed E-state index contributed by atoms with van der Waals surface area (Å²) < 4.78 is 0. The number of amides is 1. The van der Waals surface area contributed by atoms with Crippen molar-refractivity contribution in [2.45, 2.75) is 6.92 Å². The first-order valence-corrected chi connectivity index (χ1v) is 3.26. The number of hydrogen-bond donors (Lipinski definition) is 1. The quantitative estimate of drug-likeness (QED) is 0.622. The van der Waals surface area contributed by atoms with Crippen LogP contribution in [0, 0.1) is 6.92 Å². The summed E-state index contributed by atoms with van der Waals surface area (Å²) in [5.41, 5.74) is 0. The van der Waals surface area contributed by atoms with Crippen molar-refractivity contribution in [2.24, 2.45) is 0 Å². The van der Waals surface area contributed by atoms with Crippen LogP contribution in [-0.4, -0.2) is 11.4 Å². The predicted molar refractivity (Wildman–Crippen MR) is 36.2 cm³/mol. The third-order valence-corrected chi connectivity index (χ3v) is 1.57. The molecule has 1 radical (unpaired) electrons. The fraction of sp³-hybridized carbons (Fsp3) is 0.200. The summed E-state index contributed by atoms with van der Waals surface area (Å²) in [6.07, 6.45) is 1.54. The van der Waals surface area contributed by atoms with Crippen molar-refractivity contribution >= 4 is 23.6 Å². The van der Waals surface area contributed by atoms with E-state index in [4.69, 9.17) is 0 Å². The lowest BCUT2D eigenvalue weighted by Gasteiger charge is -1.83. The number of nitrogens with zero attached hydrogens (tertiary/aromatic N) is 1. The molecule has 0 fully saturated rings. The van der Waals surface area contributed by atoms with Crippen LogP contribution in [-0.2, 0) is 4.79 Å². The average molecular weight is 141 g/mol. The molecule has 1 rings (SSSR count). The summed E-state index contributed by atoms with van der Waals surface area (Å²) in [5.74, 6) is 0.576. The van der Waals surface area contributed by atoms with E-state index in [0.717, 1.165) is 5.01 Å². The van der Waals surface area contributed by atoms with E-state index in [1.165, 1.54) is 11.3 Å². The molecule has 1 N–H and O–H groups in total. The maximum absolute atomic E-state index is 9.71. The fourth-order valence-corrected chi connectivity index (χ4v) is 1.02. The van der Waals surface area contributed by atoms with Crippen LogP contribution in [0.1, 0.15) is 5.01 Å². The van der Waals surface area contributed by atoms with Crippen molar-refractivity contribution in [2.75, 3.05) is 5.32 Å². The molecular weight excluding hydrogens is 136 g/mol. The minimum Gasteiger partial charge on any atom is -0.302 e. The lowest BCUT2D eigenvalue weighted by molar-refractivity contribution is 0.561. The molecule has 0 spiro atoms. The summed E-state index contributed by atoms with van der Waals surface area (Å²) in [6, 6.07) is 0. The zero-order chi connectivity index (χ0) is 6.69. The zero-order valence-electron chi connectivity index (χ0n) is 4.84. The van der Waals surface area contributed by atoms with Crippen LogP contribution in [0.2, 0.25) is 0 Å². The molecule has 1 amide bonds. The third-order valence-electron chi connectivity index (χ3n) is 0.798. The Bertz CT molecular complexity index is 208. The molecule has 0 aliphatic heterocycles. The minimum absolute atomic E-state index is 0.576. The molecule has 1 heterocycles. The molecular formula is C5H5N2OS. The van der Waals surface area contributed by atoms with Crippen LogP contribution in [0.4, 0.5) is 5.82 Å². The Hall–Kier alpha value is -0.900. The maximum atomic E-state index is 9.71. The minimum atomic E-state index is 0.576. The van der Waals surface area contributed by atoms with Gasteiger partial charge in [-0.2, -0.15) is 0 Å². The Morgan fingerprint density at radius 3 is 3.11 bits per heavy atom. The number of rotatable bonds is 2. The number of aryl methyl sites for hydroxylation is 1. The summed E-state index contributed by atoms with van der Waals surface area (Å²) in [5, 5.41) is 5.02. The Labute approximate surface area is 56.7 Å². The van der Waals surface area contributed by atoms with Crippen molar-refractivity contribution in [3.63, 3.8) is 0 Å². The van der Waals surface area contributed by atoms with E-state index in [9.17, 15) is 4.79 Å². The second kappa shape index (κ2) is 2.59. The number of thiazole rings is 1. The van der Waals surface area contributed by atoms with Gasteiger partial charge in [0, 0.05) is 5.38 Å². The molecule has 0 aliphatic carbocycles. The SMILES string of the molecule is Cc1nc(N[C]=O)cs1. The van der Waals surface area contributed by atoms with Crippen LogP contribution in [0.3, 0.4) is 0 Å². The molecule has 1 aromatic heterocycles. The van der Waals surface area contributed by atoms with Gasteiger partial charge in [-0.1, -0.05) is 0 Å². The Balaban J connectivity index is 2.72. The standard InChI is InChI=1S/C5H5N2OS/c1-4-7-5(2-9-4)6-3-8/h2H,1H3,(H,6,8). The monoisotopic (exact) mass is 141 g/mol. The fourth-order valence-electron chi connectivity index (χ4n) is 0.473. The second-order valence-corrected chi connectivity index (χ2v) is 2.54. The molecule has 9 heavy (non-hydrogen) atoms. The number of carbonyl (C=O) groups excluding carboxylic acids is 1. The highest BCUT2D eigenvalue weighted by Crippen LogP contribution is 2.10. The van der Waals surface area contributed by atoms with Crippen molar-refractivity contribution in [1.82, 2.24) is 4.98 Å². The topological polar surface area (TPSA) is 42.0 Å². The average Bonchev–Trinajstić information content (AvgIpc) is 2.17. The molecule has 0 unspecified atom stereocenters. The van der Waals surface area contributed by atoms with Crippen molar-refractivity contribution < 1.29 is 4.79 Å². The van der Waals surface area contributed by atoms with Crippen LogP contribution < -0.4 is 5.32 Å². The molecule has 0 bridgehead atoms. The molecule has 4 heteroatoms. The first kappa shape index (κ1) is 6.22. The van der Waals surface area contributed by atoms with E-state index >= 15 is 0 Å². The summed E-state index contributed by atoms with van der Waals surface area (Å²) in [7, 11) is 0. The lowest BCUT2D eigenvalue weighted by atomic mass is 10.7. The van der Waals surface area contributed by atoms with Gasteiger partial charge in [-0.05, 0) is 6.92 Å². The Kier molecular flexibility index (Phi) is 1.79. The van der Waals surface area contributed by atoms with Crippen LogP contribution in [0.5, 0.6) is 0 Å².